The highest BCUT2D eigenvalue weighted by Gasteiger charge is 2.22. The predicted octanol–water partition coefficient (Wildman–Crippen LogP) is 3.78. The van der Waals surface area contributed by atoms with Crippen molar-refractivity contribution in [2.24, 2.45) is 0 Å². The van der Waals surface area contributed by atoms with Crippen LogP contribution in [0.3, 0.4) is 0 Å². The van der Waals surface area contributed by atoms with Crippen LogP contribution in [0.5, 0.6) is 17.2 Å². The molecule has 5 nitrogen and oxygen atoms in total. The fraction of sp³-hybridized carbons (Fsp3) is 0.375. The van der Waals surface area contributed by atoms with E-state index in [1.165, 1.54) is 24.2 Å². The van der Waals surface area contributed by atoms with Gasteiger partial charge in [-0.1, -0.05) is 6.07 Å². The van der Waals surface area contributed by atoms with Crippen molar-refractivity contribution < 1.29 is 19.2 Å². The molecule has 0 saturated carbocycles. The molecule has 4 rings (SSSR count). The molecule has 0 unspecified atom stereocenters. The Labute approximate surface area is 170 Å². The third-order valence-electron chi connectivity index (χ3n) is 5.66. The van der Waals surface area contributed by atoms with Crippen LogP contribution < -0.4 is 15.1 Å². The van der Waals surface area contributed by atoms with Crippen molar-refractivity contribution in [1.82, 2.24) is 0 Å². The molecule has 2 aromatic carbocycles. The summed E-state index contributed by atoms with van der Waals surface area (Å²) >= 11 is 0. The van der Waals surface area contributed by atoms with E-state index in [0.717, 1.165) is 24.2 Å². The molecule has 0 radical (unpaired) electrons. The van der Waals surface area contributed by atoms with E-state index < -0.39 is 0 Å². The molecule has 2 N–H and O–H groups in total. The Bertz CT molecular complexity index is 1090. The quantitative estimate of drug-likeness (QED) is 0.707. The normalized spacial score (nSPS) is 15.0. The second-order valence-corrected chi connectivity index (χ2v) is 8.17. The van der Waals surface area contributed by atoms with E-state index in [9.17, 15) is 9.90 Å². The van der Waals surface area contributed by atoms with Crippen molar-refractivity contribution in [3.8, 4) is 17.2 Å². The lowest BCUT2D eigenvalue weighted by Gasteiger charge is -2.24. The van der Waals surface area contributed by atoms with Gasteiger partial charge in [0.05, 0.1) is 24.0 Å². The van der Waals surface area contributed by atoms with E-state index in [4.69, 9.17) is 9.15 Å². The Kier molecular flexibility index (Phi) is 5.33. The summed E-state index contributed by atoms with van der Waals surface area (Å²) in [6.07, 6.45) is 3.65. The topological polar surface area (TPSA) is 64.1 Å². The Morgan fingerprint density at radius 1 is 1.03 bits per heavy atom. The summed E-state index contributed by atoms with van der Waals surface area (Å²) in [5.74, 6) is 1.42. The van der Waals surface area contributed by atoms with E-state index >= 15 is 0 Å². The van der Waals surface area contributed by atoms with Crippen LogP contribution in [0.25, 0.3) is 11.0 Å². The highest BCUT2D eigenvalue weighted by atomic mass is 16.5. The van der Waals surface area contributed by atoms with Gasteiger partial charge < -0.3 is 19.2 Å². The maximum Gasteiger partial charge on any atom is 0.235 e. The van der Waals surface area contributed by atoms with Crippen LogP contribution in [0.1, 0.15) is 41.7 Å². The first-order chi connectivity index (χ1) is 13.9. The van der Waals surface area contributed by atoms with Crippen LogP contribution in [0.4, 0.5) is 0 Å². The summed E-state index contributed by atoms with van der Waals surface area (Å²) < 4.78 is 12.0. The van der Waals surface area contributed by atoms with Crippen LogP contribution in [-0.4, -0.2) is 18.2 Å². The van der Waals surface area contributed by atoms with Crippen LogP contribution in [0.15, 0.2) is 39.5 Å². The van der Waals surface area contributed by atoms with Gasteiger partial charge in [0.15, 0.2) is 5.58 Å². The maximum atomic E-state index is 13.2. The SMILES string of the molecule is Cc1cc(C)cc(Oc2c(C)oc3c(C[NH+]4CCCCC4)c(O)ccc3c2=O)c1. The number of quaternary nitrogens is 1. The Hall–Kier alpha value is -2.79. The molecule has 0 atom stereocenters. The van der Waals surface area contributed by atoms with Crippen molar-refractivity contribution in [2.75, 3.05) is 13.1 Å². The van der Waals surface area contributed by atoms with Crippen molar-refractivity contribution in [3.63, 3.8) is 0 Å². The molecule has 1 fully saturated rings. The van der Waals surface area contributed by atoms with Gasteiger partial charge in [0.25, 0.3) is 0 Å². The van der Waals surface area contributed by atoms with E-state index in [1.54, 1.807) is 19.1 Å². The molecule has 0 spiro atoms. The van der Waals surface area contributed by atoms with E-state index in [2.05, 4.69) is 6.07 Å². The second kappa shape index (κ2) is 7.91. The summed E-state index contributed by atoms with van der Waals surface area (Å²) in [4.78, 5) is 14.6. The number of phenols is 1. The number of benzene rings is 2. The van der Waals surface area contributed by atoms with Gasteiger partial charge in [0, 0.05) is 0 Å². The molecule has 152 valence electrons. The molecule has 3 aromatic rings. The number of phenolic OH excluding ortho intramolecular Hbond substituents is 1. The molecular weight excluding hydrogens is 366 g/mol. The molecule has 0 aliphatic carbocycles. The Morgan fingerprint density at radius 2 is 1.72 bits per heavy atom. The van der Waals surface area contributed by atoms with Crippen LogP contribution >= 0.6 is 0 Å². The average molecular weight is 394 g/mol. The van der Waals surface area contributed by atoms with Gasteiger partial charge in [0.2, 0.25) is 11.2 Å². The number of ether oxygens (including phenoxy) is 1. The van der Waals surface area contributed by atoms with E-state index in [1.807, 2.05) is 26.0 Å². The number of nitrogens with one attached hydrogen (secondary N) is 1. The fourth-order valence-electron chi connectivity index (χ4n) is 4.27. The number of fused-ring (bicyclic) bond motifs is 1. The average Bonchev–Trinajstić information content (AvgIpc) is 2.67. The summed E-state index contributed by atoms with van der Waals surface area (Å²) in [6.45, 7) is 8.53. The Balaban J connectivity index is 1.77. The third-order valence-corrected chi connectivity index (χ3v) is 5.66. The molecule has 1 aliphatic rings. The zero-order valence-corrected chi connectivity index (χ0v) is 17.3. The number of likely N-dealkylation sites (tertiary alicyclic amines) is 1. The first-order valence-electron chi connectivity index (χ1n) is 10.3. The lowest BCUT2D eigenvalue weighted by Crippen LogP contribution is -3.11. The minimum Gasteiger partial charge on any atom is -0.507 e. The molecule has 5 heteroatoms. The van der Waals surface area contributed by atoms with Gasteiger partial charge in [-0.3, -0.25) is 4.79 Å². The van der Waals surface area contributed by atoms with Crippen molar-refractivity contribution in [3.05, 3.63) is 63.0 Å². The zero-order valence-electron chi connectivity index (χ0n) is 17.3. The maximum absolute atomic E-state index is 13.2. The first-order valence-corrected chi connectivity index (χ1v) is 10.3. The van der Waals surface area contributed by atoms with Crippen LogP contribution in [0, 0.1) is 20.8 Å². The largest absolute Gasteiger partial charge is 0.507 e. The molecule has 2 heterocycles. The molecule has 1 aromatic heterocycles. The number of aryl methyl sites for hydroxylation is 3. The number of hydrogen-bond donors (Lipinski definition) is 2. The number of rotatable bonds is 4. The number of piperidine rings is 1. The summed E-state index contributed by atoms with van der Waals surface area (Å²) in [5, 5.41) is 10.9. The molecule has 1 aliphatic heterocycles. The monoisotopic (exact) mass is 394 g/mol. The summed E-state index contributed by atoms with van der Waals surface area (Å²) in [7, 11) is 0. The van der Waals surface area contributed by atoms with Gasteiger partial charge in [-0.2, -0.15) is 0 Å². The molecule has 0 bridgehead atoms. The van der Waals surface area contributed by atoms with Crippen LogP contribution in [0.2, 0.25) is 0 Å². The predicted molar refractivity (Wildman–Crippen MR) is 113 cm³/mol. The van der Waals surface area contributed by atoms with E-state index in [-0.39, 0.29) is 16.9 Å². The van der Waals surface area contributed by atoms with Gasteiger partial charge in [-0.05, 0) is 75.4 Å². The van der Waals surface area contributed by atoms with Gasteiger partial charge in [0.1, 0.15) is 23.8 Å². The van der Waals surface area contributed by atoms with E-state index in [0.29, 0.717) is 34.6 Å². The van der Waals surface area contributed by atoms with Crippen molar-refractivity contribution in [1.29, 1.82) is 0 Å². The second-order valence-electron chi connectivity index (χ2n) is 8.17. The standard InChI is InChI=1S/C24H27NO4/c1-15-11-16(2)13-18(12-15)29-23-17(3)28-24-19(22(23)27)7-8-21(26)20(24)14-25-9-5-4-6-10-25/h7-8,11-13,26H,4-6,9-10,14H2,1-3H3/p+1. The fourth-order valence-corrected chi connectivity index (χ4v) is 4.27. The smallest absolute Gasteiger partial charge is 0.235 e. The van der Waals surface area contributed by atoms with Gasteiger partial charge >= 0.3 is 0 Å². The zero-order chi connectivity index (χ0) is 20.5. The molecule has 29 heavy (non-hydrogen) atoms. The molecule has 0 amide bonds. The first kappa shape index (κ1) is 19.5. The van der Waals surface area contributed by atoms with Crippen molar-refractivity contribution in [2.45, 2.75) is 46.6 Å². The Morgan fingerprint density at radius 3 is 2.41 bits per heavy atom. The number of aromatic hydroxyl groups is 1. The number of hydrogen-bond acceptors (Lipinski definition) is 4. The lowest BCUT2D eigenvalue weighted by atomic mass is 10.1. The van der Waals surface area contributed by atoms with Gasteiger partial charge in [-0.15, -0.1) is 0 Å². The van der Waals surface area contributed by atoms with Crippen molar-refractivity contribution >= 4 is 11.0 Å². The summed E-state index contributed by atoms with van der Waals surface area (Å²) in [5.41, 5.74) is 3.10. The molecular formula is C24H28NO4+. The minimum absolute atomic E-state index is 0.182. The summed E-state index contributed by atoms with van der Waals surface area (Å²) in [6, 6.07) is 9.07. The molecule has 1 saturated heterocycles. The minimum atomic E-state index is -0.210. The highest BCUT2D eigenvalue weighted by Crippen LogP contribution is 2.31. The van der Waals surface area contributed by atoms with Crippen LogP contribution in [-0.2, 0) is 6.54 Å². The third kappa shape index (κ3) is 4.01. The highest BCUT2D eigenvalue weighted by molar-refractivity contribution is 5.83. The lowest BCUT2D eigenvalue weighted by molar-refractivity contribution is -0.918. The van der Waals surface area contributed by atoms with Gasteiger partial charge in [-0.25, -0.2) is 0 Å².